The van der Waals surface area contributed by atoms with E-state index < -0.39 is 57.9 Å². The van der Waals surface area contributed by atoms with Crippen molar-refractivity contribution in [2.75, 3.05) is 0 Å². The minimum absolute atomic E-state index is 0.0138. The Balaban J connectivity index is 0.000000160. The molecule has 1 aromatic heterocycles. The molecule has 6 aliphatic rings. The first-order valence-electron chi connectivity index (χ1n) is 28.3. The zero-order valence-corrected chi connectivity index (χ0v) is 50.0. The first kappa shape index (κ1) is 61.1. The number of hydrogen-bond donors (Lipinski definition) is 4. The lowest BCUT2D eigenvalue weighted by Gasteiger charge is -2.35. The molecule has 0 spiro atoms. The zero-order chi connectivity index (χ0) is 59.3. The summed E-state index contributed by atoms with van der Waals surface area (Å²) in [6.45, 7) is 31.1. The Bertz CT molecular complexity index is 3010. The molecule has 1 heterocycles. The number of aliphatic carboxylic acids is 1. The van der Waals surface area contributed by atoms with Crippen molar-refractivity contribution in [1.29, 1.82) is 0 Å². The summed E-state index contributed by atoms with van der Waals surface area (Å²) in [7, 11) is 0. The Labute approximate surface area is 472 Å². The van der Waals surface area contributed by atoms with E-state index in [9.17, 15) is 33.6 Å². The molecule has 2 unspecified atom stereocenters. The molecule has 5 saturated carbocycles. The second-order valence-electron chi connectivity index (χ2n) is 27.5. The maximum absolute atomic E-state index is 13.2. The number of hydrazine groups is 2. The lowest BCUT2D eigenvalue weighted by molar-refractivity contribution is -0.149. The molecule has 3 aromatic carbocycles. The number of benzene rings is 3. The molecular weight excluding hydrogens is 1010 g/mol. The summed E-state index contributed by atoms with van der Waals surface area (Å²) >= 11 is 0. The second-order valence-corrected chi connectivity index (χ2v) is 27.5. The molecular formula is C64H88N6O10. The number of nitrogens with zero attached hydrogens (tertiary/aromatic N) is 3. The number of ether oxygens (including phenoxy) is 2. The molecule has 16 nitrogen and oxygen atoms in total. The number of rotatable bonds is 8. The lowest BCUT2D eigenvalue weighted by atomic mass is 9.70. The van der Waals surface area contributed by atoms with Crippen LogP contribution in [0.3, 0.4) is 0 Å². The van der Waals surface area contributed by atoms with Crippen LogP contribution in [0.1, 0.15) is 176 Å². The van der Waals surface area contributed by atoms with Gasteiger partial charge in [0, 0.05) is 21.8 Å². The van der Waals surface area contributed by atoms with Crippen LogP contribution in [0.15, 0.2) is 95.8 Å². The third-order valence-electron chi connectivity index (χ3n) is 19.8. The van der Waals surface area contributed by atoms with Gasteiger partial charge >= 0.3 is 18.2 Å². The third-order valence-corrected chi connectivity index (χ3v) is 19.8. The highest BCUT2D eigenvalue weighted by molar-refractivity contribution is 6.07. The molecule has 3 amide bonds. The molecule has 80 heavy (non-hydrogen) atoms. The molecule has 0 saturated heterocycles. The van der Waals surface area contributed by atoms with Crippen molar-refractivity contribution < 1.29 is 43.3 Å². The molecule has 5 fully saturated rings. The number of carbonyl (C=O) groups is 6. The van der Waals surface area contributed by atoms with Gasteiger partial charge in [0.05, 0.1) is 25.3 Å². The van der Waals surface area contributed by atoms with Crippen molar-refractivity contribution >= 4 is 35.6 Å². The number of hydrogen-bond acceptors (Lipinski definition) is 10. The monoisotopic (exact) mass is 1100 g/mol. The van der Waals surface area contributed by atoms with Gasteiger partial charge in [-0.1, -0.05) is 153 Å². The fourth-order valence-electron chi connectivity index (χ4n) is 14.1. The number of Topliss-reactive ketones (excluding diaryl/α,β-unsaturated/α-hetero) is 2. The normalized spacial score (nSPS) is 27.5. The highest BCUT2D eigenvalue weighted by Crippen LogP contribution is 2.68. The summed E-state index contributed by atoms with van der Waals surface area (Å²) < 4.78 is 12.7. The Morgan fingerprint density at radius 2 is 1.04 bits per heavy atom. The van der Waals surface area contributed by atoms with Gasteiger partial charge in [0.25, 0.3) is 5.56 Å². The maximum Gasteiger partial charge on any atom is 0.429 e. The minimum atomic E-state index is -0.934. The molecule has 16 heteroatoms. The van der Waals surface area contributed by atoms with E-state index in [4.69, 9.17) is 20.4 Å². The molecule has 8 atom stereocenters. The van der Waals surface area contributed by atoms with Crippen LogP contribution in [0.25, 0.3) is 0 Å². The minimum Gasteiger partial charge on any atom is -0.481 e. The van der Waals surface area contributed by atoms with Crippen LogP contribution in [0, 0.1) is 50.7 Å². The summed E-state index contributed by atoms with van der Waals surface area (Å²) in [5.41, 5.74) is 6.00. The number of carboxylic acids is 1. The SMILES string of the molecule is CC(C)(C)OC(=O)N(Cc1ccccc1)NC(=O)C1C(=O)[C@@]2(C)CC[C@@H]1C2(C)C.CC(C)(C)OC(=O)N(N)Cc1ccccc1.CC1(C)[C@H]2CC[C@]1(C)C(=O)C2C(=O)O.CC1(C)[C@H]2CC[C@]1(C)c1c2c(=O)[nH]n1Cc1ccccc1. The Morgan fingerprint density at radius 3 is 1.46 bits per heavy atom. The van der Waals surface area contributed by atoms with Crippen molar-refractivity contribution in [1.82, 2.24) is 25.2 Å². The number of nitrogens with one attached hydrogen (secondary N) is 2. The Morgan fingerprint density at radius 1 is 0.613 bits per heavy atom. The van der Waals surface area contributed by atoms with E-state index in [1.165, 1.54) is 22.7 Å². The van der Waals surface area contributed by atoms with Crippen molar-refractivity contribution in [3.8, 4) is 0 Å². The number of amides is 3. The number of fused-ring (bicyclic) bond motifs is 9. The van der Waals surface area contributed by atoms with E-state index in [0.717, 1.165) is 60.3 Å². The van der Waals surface area contributed by atoms with Crippen LogP contribution in [0.4, 0.5) is 9.59 Å². The molecule has 0 aliphatic heterocycles. The van der Waals surface area contributed by atoms with E-state index in [1.807, 2.05) is 94.4 Å². The highest BCUT2D eigenvalue weighted by atomic mass is 16.6. The number of aromatic nitrogens is 2. The summed E-state index contributed by atoms with van der Waals surface area (Å²) in [6, 6.07) is 29.3. The van der Waals surface area contributed by atoms with Crippen LogP contribution < -0.4 is 16.8 Å². The van der Waals surface area contributed by atoms with Gasteiger partial charge in [0.1, 0.15) is 23.0 Å². The van der Waals surface area contributed by atoms with Gasteiger partial charge in [-0.3, -0.25) is 39.2 Å². The molecule has 10 rings (SSSR count). The van der Waals surface area contributed by atoms with E-state index in [2.05, 4.69) is 74.1 Å². The van der Waals surface area contributed by atoms with Crippen molar-refractivity contribution in [2.24, 2.45) is 56.6 Å². The predicted octanol–water partition coefficient (Wildman–Crippen LogP) is 11.5. The van der Waals surface area contributed by atoms with Crippen LogP contribution in [0.2, 0.25) is 0 Å². The Hall–Kier alpha value is -6.55. The van der Waals surface area contributed by atoms with Gasteiger partial charge in [-0.2, -0.15) is 0 Å². The van der Waals surface area contributed by atoms with Gasteiger partial charge in [0.2, 0.25) is 5.91 Å². The lowest BCUT2D eigenvalue weighted by Crippen LogP contribution is -2.51. The first-order chi connectivity index (χ1) is 37.0. The molecule has 5 N–H and O–H groups in total. The standard InChI is InChI=1S/C23H32N2O4.C18H22N2O.C12H18N2O2.C11H16O3/c1-21(2,3)29-20(28)25(14-15-10-8-7-9-11-15)24-19(27)17-16-12-13-23(6,18(17)26)22(16,4)5;1-17(2)13-9-10-18(17,3)15-14(13)16(21)19-20(15)11-12-7-5-4-6-8-12;1-12(2,3)16-11(15)14(13)9-10-7-5-4-6-8-10;1-10(2)6-4-5-11(10,3)8(12)7(6)9(13)14/h7-11,16-17H,12-14H2,1-6H3,(H,24,27);4-8,13H,9-11H2,1-3H3,(H,19,21);4-8H,9,13H2,1-3H3;6-7H,4-5H2,1-3H3,(H,13,14)/t16-,17?,23+;13-,18+;;6-,7?,11+/m00.0/s1. The van der Waals surface area contributed by atoms with E-state index >= 15 is 0 Å². The molecule has 434 valence electrons. The number of carboxylic acid groups (broad SMARTS) is 1. The quantitative estimate of drug-likeness (QED) is 0.0562. The topological polar surface area (TPSA) is 223 Å². The number of H-pyrrole nitrogens is 1. The molecule has 6 bridgehead atoms. The largest absolute Gasteiger partial charge is 0.481 e. The number of aromatic amines is 1. The van der Waals surface area contributed by atoms with Crippen molar-refractivity contribution in [3.05, 3.63) is 129 Å². The van der Waals surface area contributed by atoms with E-state index in [-0.39, 0.29) is 57.2 Å². The molecule has 6 aliphatic carbocycles. The maximum atomic E-state index is 13.2. The highest BCUT2D eigenvalue weighted by Gasteiger charge is 2.69. The molecule has 4 aromatic rings. The van der Waals surface area contributed by atoms with Crippen LogP contribution in [0.5, 0.6) is 0 Å². The smallest absolute Gasteiger partial charge is 0.429 e. The van der Waals surface area contributed by atoms with Crippen LogP contribution in [-0.2, 0) is 53.7 Å². The van der Waals surface area contributed by atoms with E-state index in [0.29, 0.717) is 12.5 Å². The number of ketones is 2. The van der Waals surface area contributed by atoms with Gasteiger partial charge in [0.15, 0.2) is 11.6 Å². The number of carbonyl (C=O) groups excluding carboxylic acids is 5. The summed E-state index contributed by atoms with van der Waals surface area (Å²) in [5, 5.41) is 14.4. The van der Waals surface area contributed by atoms with Gasteiger partial charge < -0.3 is 14.6 Å². The van der Waals surface area contributed by atoms with Gasteiger partial charge in [-0.25, -0.2) is 25.4 Å². The fraction of sp³-hybridized carbons (Fsp3) is 0.578. The summed E-state index contributed by atoms with van der Waals surface area (Å²) in [5.74, 6) is 3.16. The summed E-state index contributed by atoms with van der Waals surface area (Å²) in [6.07, 6.45) is 4.57. The van der Waals surface area contributed by atoms with Crippen LogP contribution in [-0.4, -0.2) is 71.7 Å². The van der Waals surface area contributed by atoms with Crippen molar-refractivity contribution in [2.45, 2.75) is 185 Å². The second kappa shape index (κ2) is 22.1. The van der Waals surface area contributed by atoms with Crippen LogP contribution >= 0.6 is 0 Å². The average molecular weight is 1100 g/mol. The predicted molar refractivity (Wildman–Crippen MR) is 306 cm³/mol. The molecule has 0 radical (unpaired) electrons. The van der Waals surface area contributed by atoms with Crippen molar-refractivity contribution in [3.63, 3.8) is 0 Å². The Kier molecular flexibility index (Phi) is 16.9. The van der Waals surface area contributed by atoms with Gasteiger partial charge in [-0.15, -0.1) is 0 Å². The summed E-state index contributed by atoms with van der Waals surface area (Å²) in [4.78, 5) is 86.0. The van der Waals surface area contributed by atoms with Gasteiger partial charge in [-0.05, 0) is 131 Å². The number of nitrogens with two attached hydrogens (primary N) is 1. The third kappa shape index (κ3) is 11.4. The fourth-order valence-corrected chi connectivity index (χ4v) is 14.1. The zero-order valence-electron chi connectivity index (χ0n) is 50.0. The van der Waals surface area contributed by atoms with E-state index in [1.54, 1.807) is 41.5 Å². The first-order valence-corrected chi connectivity index (χ1v) is 28.3. The average Bonchev–Trinajstić information content (AvgIpc) is 4.11.